The van der Waals surface area contributed by atoms with Crippen molar-refractivity contribution in [2.24, 2.45) is 0 Å². The number of rotatable bonds is 3. The summed E-state index contributed by atoms with van der Waals surface area (Å²) in [5.74, 6) is -0.289. The zero-order valence-corrected chi connectivity index (χ0v) is 11.2. The van der Waals surface area contributed by atoms with Crippen LogP contribution in [0.2, 0.25) is 0 Å². The molecule has 3 aromatic rings. The van der Waals surface area contributed by atoms with Gasteiger partial charge in [0.25, 0.3) is 5.56 Å². The molecule has 1 N–H and O–H groups in total. The van der Waals surface area contributed by atoms with E-state index in [4.69, 9.17) is 5.11 Å². The van der Waals surface area contributed by atoms with Gasteiger partial charge in [-0.05, 0) is 35.4 Å². The number of hydrogen-bond acceptors (Lipinski definition) is 3. The Kier molecular flexibility index (Phi) is 3.50. The molecule has 0 aliphatic carbocycles. The van der Waals surface area contributed by atoms with Crippen LogP contribution in [0.25, 0.3) is 16.8 Å². The number of hydrogen-bond donors (Lipinski definition) is 1. The molecule has 2 heterocycles. The van der Waals surface area contributed by atoms with Gasteiger partial charge in [0, 0.05) is 31.0 Å². The van der Waals surface area contributed by atoms with Crippen LogP contribution in [-0.4, -0.2) is 21.1 Å². The van der Waals surface area contributed by atoms with E-state index in [1.165, 1.54) is 22.7 Å². The third-order valence-electron chi connectivity index (χ3n) is 3.34. The fourth-order valence-corrected chi connectivity index (χ4v) is 2.23. The number of aliphatic hydroxyl groups excluding tert-OH is 1. The Morgan fingerprint density at radius 1 is 1.14 bits per heavy atom. The molecule has 21 heavy (non-hydrogen) atoms. The van der Waals surface area contributed by atoms with Crippen LogP contribution >= 0.6 is 0 Å². The van der Waals surface area contributed by atoms with Crippen LogP contribution in [0.1, 0.15) is 5.56 Å². The third-order valence-corrected chi connectivity index (χ3v) is 3.34. The molecule has 0 unspecified atom stereocenters. The normalized spacial score (nSPS) is 11.0. The van der Waals surface area contributed by atoms with Crippen LogP contribution in [-0.2, 0) is 6.42 Å². The van der Waals surface area contributed by atoms with Crippen molar-refractivity contribution in [2.75, 3.05) is 6.61 Å². The second kappa shape index (κ2) is 5.46. The topological polar surface area (TPSA) is 54.6 Å². The molecule has 0 amide bonds. The molecule has 1 aromatic carbocycles. The minimum Gasteiger partial charge on any atom is -0.396 e. The molecule has 0 fully saturated rings. The summed E-state index contributed by atoms with van der Waals surface area (Å²) >= 11 is 0. The lowest BCUT2D eigenvalue weighted by Crippen LogP contribution is -2.20. The summed E-state index contributed by atoms with van der Waals surface area (Å²) < 4.78 is 14.4. The van der Waals surface area contributed by atoms with Crippen molar-refractivity contribution in [2.45, 2.75) is 6.42 Å². The van der Waals surface area contributed by atoms with Crippen molar-refractivity contribution in [3.63, 3.8) is 0 Å². The number of pyridine rings is 1. The predicted octanol–water partition coefficient (Wildman–Crippen LogP) is 2.04. The molecule has 0 aliphatic heterocycles. The second-order valence-corrected chi connectivity index (χ2v) is 4.71. The van der Waals surface area contributed by atoms with Crippen molar-refractivity contribution in [1.29, 1.82) is 0 Å². The van der Waals surface area contributed by atoms with Crippen molar-refractivity contribution in [1.82, 2.24) is 9.38 Å². The Morgan fingerprint density at radius 2 is 1.90 bits per heavy atom. The van der Waals surface area contributed by atoms with E-state index in [0.717, 1.165) is 11.1 Å². The number of halogens is 1. The van der Waals surface area contributed by atoms with Crippen LogP contribution in [0.3, 0.4) is 0 Å². The van der Waals surface area contributed by atoms with Gasteiger partial charge in [-0.1, -0.05) is 12.1 Å². The SMILES string of the molecule is O=c1c(CCO)cnc2cc(-c3ccc(F)cc3)ccn12. The summed E-state index contributed by atoms with van der Waals surface area (Å²) in [6, 6.07) is 9.70. The Morgan fingerprint density at radius 3 is 2.62 bits per heavy atom. The number of nitrogens with zero attached hydrogens (tertiary/aromatic N) is 2. The molecule has 0 saturated heterocycles. The minimum atomic E-state index is -0.289. The number of aromatic nitrogens is 2. The molecule has 0 atom stereocenters. The summed E-state index contributed by atoms with van der Waals surface area (Å²) in [7, 11) is 0. The summed E-state index contributed by atoms with van der Waals surface area (Å²) in [5.41, 5.74) is 2.53. The molecule has 3 rings (SSSR count). The van der Waals surface area contributed by atoms with E-state index in [9.17, 15) is 9.18 Å². The standard InChI is InChI=1S/C16H13FN2O2/c17-14-3-1-11(2-4-14)12-5-7-19-15(9-12)18-10-13(6-8-20)16(19)21/h1-5,7,9-10,20H,6,8H2. The van der Waals surface area contributed by atoms with Gasteiger partial charge in [-0.15, -0.1) is 0 Å². The first-order chi connectivity index (χ1) is 10.2. The molecule has 4 nitrogen and oxygen atoms in total. The predicted molar refractivity (Wildman–Crippen MR) is 77.6 cm³/mol. The first kappa shape index (κ1) is 13.5. The average molecular weight is 284 g/mol. The van der Waals surface area contributed by atoms with Crippen LogP contribution in [0.4, 0.5) is 4.39 Å². The molecule has 0 spiro atoms. The lowest BCUT2D eigenvalue weighted by atomic mass is 10.1. The van der Waals surface area contributed by atoms with Gasteiger partial charge in [-0.2, -0.15) is 0 Å². The quantitative estimate of drug-likeness (QED) is 0.800. The van der Waals surface area contributed by atoms with Crippen molar-refractivity contribution in [3.05, 3.63) is 70.5 Å². The molecular weight excluding hydrogens is 271 g/mol. The van der Waals surface area contributed by atoms with Gasteiger partial charge < -0.3 is 5.11 Å². The first-order valence-electron chi connectivity index (χ1n) is 6.56. The van der Waals surface area contributed by atoms with E-state index in [2.05, 4.69) is 4.98 Å². The number of benzene rings is 1. The zero-order valence-electron chi connectivity index (χ0n) is 11.2. The highest BCUT2D eigenvalue weighted by Crippen LogP contribution is 2.20. The monoisotopic (exact) mass is 284 g/mol. The smallest absolute Gasteiger partial charge is 0.261 e. The van der Waals surface area contributed by atoms with Crippen LogP contribution in [0.15, 0.2) is 53.6 Å². The molecule has 0 aliphatic rings. The summed E-state index contributed by atoms with van der Waals surface area (Å²) in [6.07, 6.45) is 3.42. The Bertz CT molecular complexity index is 841. The van der Waals surface area contributed by atoms with E-state index in [0.29, 0.717) is 11.2 Å². The minimum absolute atomic E-state index is 0.0867. The van der Waals surface area contributed by atoms with E-state index in [1.807, 2.05) is 0 Å². The van der Waals surface area contributed by atoms with Crippen molar-refractivity contribution in [3.8, 4) is 11.1 Å². The highest BCUT2D eigenvalue weighted by Gasteiger charge is 2.06. The summed E-state index contributed by atoms with van der Waals surface area (Å²) in [6.45, 7) is -0.0867. The fourth-order valence-electron chi connectivity index (χ4n) is 2.23. The van der Waals surface area contributed by atoms with Gasteiger partial charge in [0.15, 0.2) is 0 Å². The van der Waals surface area contributed by atoms with Crippen LogP contribution in [0.5, 0.6) is 0 Å². The van der Waals surface area contributed by atoms with Crippen molar-refractivity contribution >= 4 is 5.65 Å². The van der Waals surface area contributed by atoms with E-state index < -0.39 is 0 Å². The average Bonchev–Trinajstić information content (AvgIpc) is 2.51. The number of fused-ring (bicyclic) bond motifs is 1. The first-order valence-corrected chi connectivity index (χ1v) is 6.56. The summed E-state index contributed by atoms with van der Waals surface area (Å²) in [5, 5.41) is 8.92. The van der Waals surface area contributed by atoms with Crippen molar-refractivity contribution < 1.29 is 9.50 Å². The number of aliphatic hydroxyl groups is 1. The summed E-state index contributed by atoms with van der Waals surface area (Å²) in [4.78, 5) is 16.4. The Hall–Kier alpha value is -2.53. The zero-order chi connectivity index (χ0) is 14.8. The van der Waals surface area contributed by atoms with Gasteiger partial charge in [0.1, 0.15) is 11.5 Å². The molecule has 0 saturated carbocycles. The molecule has 106 valence electrons. The maximum atomic E-state index is 12.9. The van der Waals surface area contributed by atoms with Gasteiger partial charge in [0.2, 0.25) is 0 Å². The molecule has 2 aromatic heterocycles. The molecule has 0 bridgehead atoms. The largest absolute Gasteiger partial charge is 0.396 e. The lowest BCUT2D eigenvalue weighted by Gasteiger charge is -2.06. The molecule has 0 radical (unpaired) electrons. The van der Waals surface area contributed by atoms with Crippen LogP contribution < -0.4 is 5.56 Å². The van der Waals surface area contributed by atoms with Gasteiger partial charge in [-0.3, -0.25) is 9.20 Å². The van der Waals surface area contributed by atoms with E-state index >= 15 is 0 Å². The van der Waals surface area contributed by atoms with Gasteiger partial charge >= 0.3 is 0 Å². The third kappa shape index (κ3) is 2.55. The Labute approximate surface area is 120 Å². The lowest BCUT2D eigenvalue weighted by molar-refractivity contribution is 0.299. The van der Waals surface area contributed by atoms with E-state index in [-0.39, 0.29) is 24.4 Å². The molecular formula is C16H13FN2O2. The van der Waals surface area contributed by atoms with Crippen LogP contribution in [0, 0.1) is 5.82 Å². The van der Waals surface area contributed by atoms with Gasteiger partial charge in [-0.25, -0.2) is 9.37 Å². The highest BCUT2D eigenvalue weighted by atomic mass is 19.1. The van der Waals surface area contributed by atoms with E-state index in [1.54, 1.807) is 30.5 Å². The second-order valence-electron chi connectivity index (χ2n) is 4.71. The maximum absolute atomic E-state index is 12.9. The van der Waals surface area contributed by atoms with Gasteiger partial charge in [0.05, 0.1) is 0 Å². The maximum Gasteiger partial charge on any atom is 0.261 e. The Balaban J connectivity index is 2.11. The highest BCUT2D eigenvalue weighted by molar-refractivity contribution is 5.67. The fraction of sp³-hybridized carbons (Fsp3) is 0.125. The molecule has 5 heteroatoms.